The van der Waals surface area contributed by atoms with E-state index in [2.05, 4.69) is 0 Å². The Labute approximate surface area is 123 Å². The minimum atomic E-state index is -1.03. The van der Waals surface area contributed by atoms with Crippen LogP contribution in [0.25, 0.3) is 10.1 Å². The molecule has 0 saturated heterocycles. The quantitative estimate of drug-likeness (QED) is 0.750. The Morgan fingerprint density at radius 3 is 2.43 bits per heavy atom. The summed E-state index contributed by atoms with van der Waals surface area (Å²) in [5.41, 5.74) is -0.145. The van der Waals surface area contributed by atoms with Crippen molar-refractivity contribution < 1.29 is 18.3 Å². The van der Waals surface area contributed by atoms with Gasteiger partial charge < -0.3 is 5.11 Å². The van der Waals surface area contributed by atoms with E-state index in [1.807, 2.05) is 0 Å². The minimum absolute atomic E-state index is 0.145. The Hall–Kier alpha value is -1.85. The fraction of sp³-hybridized carbons (Fsp3) is 0.125. The summed E-state index contributed by atoms with van der Waals surface area (Å²) in [5.74, 6) is -1.72. The molecule has 0 aliphatic carbocycles. The molecule has 1 atom stereocenters. The lowest BCUT2D eigenvalue weighted by molar-refractivity contribution is 0.179. The molecule has 0 bridgehead atoms. The van der Waals surface area contributed by atoms with Gasteiger partial charge in [-0.05, 0) is 41.8 Å². The number of benzene rings is 2. The fourth-order valence-electron chi connectivity index (χ4n) is 2.22. The van der Waals surface area contributed by atoms with Crippen LogP contribution in [0.3, 0.4) is 0 Å². The second-order valence-electron chi connectivity index (χ2n) is 4.75. The van der Waals surface area contributed by atoms with E-state index in [4.69, 9.17) is 0 Å². The molecule has 1 N–H and O–H groups in total. The zero-order chi connectivity index (χ0) is 15.0. The lowest BCUT2D eigenvalue weighted by Crippen LogP contribution is -2.04. The first-order valence-electron chi connectivity index (χ1n) is 6.34. The van der Waals surface area contributed by atoms with Crippen LogP contribution >= 0.6 is 11.3 Å². The molecule has 1 nitrogen and oxygen atoms in total. The van der Waals surface area contributed by atoms with Crippen molar-refractivity contribution in [2.24, 2.45) is 0 Å². The molecule has 108 valence electrons. The first-order valence-corrected chi connectivity index (χ1v) is 7.16. The number of thiophene rings is 1. The van der Waals surface area contributed by atoms with Gasteiger partial charge in [0.15, 0.2) is 0 Å². The highest BCUT2D eigenvalue weighted by atomic mass is 32.1. The highest BCUT2D eigenvalue weighted by molar-refractivity contribution is 7.19. The molecule has 2 aromatic carbocycles. The number of hydrogen-bond donors (Lipinski definition) is 1. The summed E-state index contributed by atoms with van der Waals surface area (Å²) in [5, 5.41) is 10.8. The summed E-state index contributed by atoms with van der Waals surface area (Å²) in [6.07, 6.45) is -1.19. The van der Waals surface area contributed by atoms with Gasteiger partial charge in [0, 0.05) is 21.6 Å². The maximum absolute atomic E-state index is 13.6. The van der Waals surface area contributed by atoms with Gasteiger partial charge in [-0.2, -0.15) is 0 Å². The number of fused-ring (bicyclic) bond motifs is 1. The number of rotatable bonds is 3. The van der Waals surface area contributed by atoms with Crippen LogP contribution in [0.5, 0.6) is 0 Å². The zero-order valence-corrected chi connectivity index (χ0v) is 11.6. The van der Waals surface area contributed by atoms with Gasteiger partial charge in [0.1, 0.15) is 17.5 Å². The first-order chi connectivity index (χ1) is 10.0. The third-order valence-corrected chi connectivity index (χ3v) is 4.50. The molecular weight excluding hydrogens is 297 g/mol. The summed E-state index contributed by atoms with van der Waals surface area (Å²) in [6, 6.07) is 9.57. The van der Waals surface area contributed by atoms with Crippen LogP contribution in [0.2, 0.25) is 0 Å². The molecule has 1 aromatic heterocycles. The van der Waals surface area contributed by atoms with Gasteiger partial charge in [-0.3, -0.25) is 0 Å². The molecule has 0 amide bonds. The van der Waals surface area contributed by atoms with E-state index in [1.54, 1.807) is 12.1 Å². The van der Waals surface area contributed by atoms with E-state index >= 15 is 0 Å². The van der Waals surface area contributed by atoms with Crippen molar-refractivity contribution in [1.29, 1.82) is 0 Å². The van der Waals surface area contributed by atoms with Crippen LogP contribution in [0.4, 0.5) is 13.2 Å². The standard InChI is InChI=1S/C16H11F3OS/c17-10-4-5-15-9(6-10)7-16(21-15)14(20)8-11-12(18)2-1-3-13(11)19/h1-7,14,20H,8H2. The van der Waals surface area contributed by atoms with Crippen LogP contribution in [0.15, 0.2) is 42.5 Å². The van der Waals surface area contributed by atoms with Crippen molar-refractivity contribution in [3.8, 4) is 0 Å². The molecule has 5 heteroatoms. The Morgan fingerprint density at radius 2 is 1.71 bits per heavy atom. The minimum Gasteiger partial charge on any atom is -0.387 e. The number of aliphatic hydroxyl groups is 1. The van der Waals surface area contributed by atoms with Crippen molar-refractivity contribution in [3.05, 3.63) is 70.4 Å². The van der Waals surface area contributed by atoms with Gasteiger partial charge in [0.2, 0.25) is 0 Å². The van der Waals surface area contributed by atoms with E-state index in [0.29, 0.717) is 10.3 Å². The van der Waals surface area contributed by atoms with E-state index in [9.17, 15) is 18.3 Å². The first kappa shape index (κ1) is 14.1. The number of hydrogen-bond acceptors (Lipinski definition) is 2. The molecule has 3 aromatic rings. The molecule has 0 saturated carbocycles. The van der Waals surface area contributed by atoms with Crippen LogP contribution in [0.1, 0.15) is 16.5 Å². The molecule has 0 spiro atoms. The molecule has 0 radical (unpaired) electrons. The van der Waals surface area contributed by atoms with Crippen molar-refractivity contribution in [2.45, 2.75) is 12.5 Å². The average molecular weight is 308 g/mol. The molecule has 21 heavy (non-hydrogen) atoms. The van der Waals surface area contributed by atoms with Gasteiger partial charge in [0.05, 0.1) is 6.10 Å². The summed E-state index contributed by atoms with van der Waals surface area (Å²) < 4.78 is 41.1. The smallest absolute Gasteiger partial charge is 0.129 e. The third-order valence-electron chi connectivity index (χ3n) is 3.28. The lowest BCUT2D eigenvalue weighted by atomic mass is 10.1. The van der Waals surface area contributed by atoms with E-state index in [0.717, 1.165) is 16.8 Å². The van der Waals surface area contributed by atoms with Crippen molar-refractivity contribution in [3.63, 3.8) is 0 Å². The van der Waals surface area contributed by atoms with Gasteiger partial charge in [0.25, 0.3) is 0 Å². The normalized spacial score (nSPS) is 12.8. The molecule has 0 aliphatic rings. The zero-order valence-electron chi connectivity index (χ0n) is 10.8. The Kier molecular flexibility index (Phi) is 3.69. The van der Waals surface area contributed by atoms with Crippen molar-refractivity contribution >= 4 is 21.4 Å². The predicted molar refractivity (Wildman–Crippen MR) is 76.8 cm³/mol. The van der Waals surface area contributed by atoms with Crippen LogP contribution in [-0.4, -0.2) is 5.11 Å². The average Bonchev–Trinajstić information content (AvgIpc) is 2.86. The molecule has 0 aliphatic heterocycles. The Morgan fingerprint density at radius 1 is 1.00 bits per heavy atom. The second kappa shape index (κ2) is 5.50. The number of halogens is 3. The maximum Gasteiger partial charge on any atom is 0.129 e. The van der Waals surface area contributed by atoms with E-state index in [1.165, 1.54) is 29.5 Å². The van der Waals surface area contributed by atoms with Gasteiger partial charge in [-0.25, -0.2) is 13.2 Å². The second-order valence-corrected chi connectivity index (χ2v) is 5.87. The summed E-state index contributed by atoms with van der Waals surface area (Å²) in [7, 11) is 0. The monoisotopic (exact) mass is 308 g/mol. The summed E-state index contributed by atoms with van der Waals surface area (Å²) in [6.45, 7) is 0. The van der Waals surface area contributed by atoms with Gasteiger partial charge in [-0.15, -0.1) is 11.3 Å². The van der Waals surface area contributed by atoms with E-state index < -0.39 is 17.7 Å². The third kappa shape index (κ3) is 2.80. The van der Waals surface area contributed by atoms with E-state index in [-0.39, 0.29) is 17.8 Å². The SMILES string of the molecule is OC(Cc1c(F)cccc1F)c1cc2cc(F)ccc2s1. The molecule has 0 fully saturated rings. The molecule has 1 unspecified atom stereocenters. The Bertz CT molecular complexity index is 777. The highest BCUT2D eigenvalue weighted by Gasteiger charge is 2.17. The molecule has 1 heterocycles. The lowest BCUT2D eigenvalue weighted by Gasteiger charge is -2.10. The van der Waals surface area contributed by atoms with Crippen molar-refractivity contribution in [2.75, 3.05) is 0 Å². The highest BCUT2D eigenvalue weighted by Crippen LogP contribution is 2.32. The summed E-state index contributed by atoms with van der Waals surface area (Å²) in [4.78, 5) is 0.554. The summed E-state index contributed by atoms with van der Waals surface area (Å²) >= 11 is 1.28. The number of aliphatic hydroxyl groups excluding tert-OH is 1. The molecule has 3 rings (SSSR count). The van der Waals surface area contributed by atoms with Crippen LogP contribution in [0, 0.1) is 17.5 Å². The fourth-order valence-corrected chi connectivity index (χ4v) is 3.25. The Balaban J connectivity index is 1.91. The largest absolute Gasteiger partial charge is 0.387 e. The van der Waals surface area contributed by atoms with Crippen LogP contribution < -0.4 is 0 Å². The van der Waals surface area contributed by atoms with Gasteiger partial charge >= 0.3 is 0 Å². The van der Waals surface area contributed by atoms with Crippen molar-refractivity contribution in [1.82, 2.24) is 0 Å². The maximum atomic E-state index is 13.6. The topological polar surface area (TPSA) is 20.2 Å². The predicted octanol–water partition coefficient (Wildman–Crippen LogP) is 4.59. The van der Waals surface area contributed by atoms with Gasteiger partial charge in [-0.1, -0.05) is 6.07 Å². The van der Waals surface area contributed by atoms with Crippen LogP contribution in [-0.2, 0) is 6.42 Å². The molecular formula is C16H11F3OS.